The molecule has 2 aromatic carbocycles. The fraction of sp³-hybridized carbons (Fsp3) is 0.435. The Bertz CT molecular complexity index is 982. The van der Waals surface area contributed by atoms with Crippen molar-refractivity contribution in [2.45, 2.75) is 51.6 Å². The number of amides is 1. The van der Waals surface area contributed by atoms with Gasteiger partial charge in [-0.3, -0.25) is 9.36 Å². The first-order valence-electron chi connectivity index (χ1n) is 10.4. The van der Waals surface area contributed by atoms with E-state index in [1.807, 2.05) is 48.5 Å². The van der Waals surface area contributed by atoms with E-state index in [2.05, 4.69) is 13.8 Å². The number of benzene rings is 2. The van der Waals surface area contributed by atoms with Crippen molar-refractivity contribution in [1.82, 2.24) is 0 Å². The molecule has 1 saturated heterocycles. The minimum atomic E-state index is -3.61. The number of fused-ring (bicyclic) bond motifs is 2. The maximum atomic E-state index is 13.7. The number of hydrogen-bond donors (Lipinski definition) is 0. The third kappa shape index (κ3) is 3.32. The van der Waals surface area contributed by atoms with Crippen LogP contribution < -0.4 is 4.90 Å². The molecule has 2 heterocycles. The van der Waals surface area contributed by atoms with Crippen LogP contribution in [0.5, 0.6) is 0 Å². The Hall–Kier alpha value is -1.98. The zero-order valence-corrected chi connectivity index (χ0v) is 18.7. The summed E-state index contributed by atoms with van der Waals surface area (Å²) in [5.74, 6) is -0.861. The zero-order chi connectivity index (χ0) is 21.5. The molecule has 6 nitrogen and oxygen atoms in total. The zero-order valence-electron chi connectivity index (χ0n) is 17.8. The van der Waals surface area contributed by atoms with Crippen LogP contribution in [-0.4, -0.2) is 25.0 Å². The maximum Gasteiger partial charge on any atom is 0.363 e. The van der Waals surface area contributed by atoms with Gasteiger partial charge in [0.2, 0.25) is 11.4 Å². The molecule has 0 unspecified atom stereocenters. The molecule has 1 fully saturated rings. The Morgan fingerprint density at radius 1 is 1.10 bits per heavy atom. The van der Waals surface area contributed by atoms with Crippen molar-refractivity contribution in [1.29, 1.82) is 0 Å². The monoisotopic (exact) mass is 429 g/mol. The number of ether oxygens (including phenoxy) is 1. The first-order valence-corrected chi connectivity index (χ1v) is 12.1. The van der Waals surface area contributed by atoms with Gasteiger partial charge >= 0.3 is 7.60 Å². The number of epoxide rings is 1. The summed E-state index contributed by atoms with van der Waals surface area (Å²) in [5, 5.41) is 0. The van der Waals surface area contributed by atoms with Gasteiger partial charge in [-0.2, -0.15) is 0 Å². The van der Waals surface area contributed by atoms with E-state index in [1.54, 1.807) is 18.7 Å². The van der Waals surface area contributed by atoms with Crippen LogP contribution >= 0.6 is 7.60 Å². The van der Waals surface area contributed by atoms with E-state index in [4.69, 9.17) is 13.8 Å². The van der Waals surface area contributed by atoms with Crippen molar-refractivity contribution >= 4 is 19.2 Å². The number of rotatable bonds is 8. The highest BCUT2D eigenvalue weighted by atomic mass is 31.2. The summed E-state index contributed by atoms with van der Waals surface area (Å²) in [7, 11) is -3.61. The molecule has 4 rings (SSSR count). The normalized spacial score (nSPS) is 22.8. The fourth-order valence-corrected chi connectivity index (χ4v) is 6.16. The number of nitrogens with zero attached hydrogens (tertiary/aromatic N) is 1. The van der Waals surface area contributed by atoms with Crippen LogP contribution in [0.3, 0.4) is 0 Å². The van der Waals surface area contributed by atoms with Crippen LogP contribution in [0.25, 0.3) is 0 Å². The van der Waals surface area contributed by atoms with Crippen LogP contribution in [0.15, 0.2) is 48.5 Å². The Balaban J connectivity index is 1.78. The average molecular weight is 429 g/mol. The van der Waals surface area contributed by atoms with E-state index in [9.17, 15) is 9.36 Å². The van der Waals surface area contributed by atoms with Gasteiger partial charge < -0.3 is 18.7 Å². The predicted octanol–water partition coefficient (Wildman–Crippen LogP) is 5.17. The lowest BCUT2D eigenvalue weighted by Gasteiger charge is -2.18. The topological polar surface area (TPSA) is 68.4 Å². The number of hydrogen-bond acceptors (Lipinski definition) is 5. The van der Waals surface area contributed by atoms with Gasteiger partial charge in [0.25, 0.3) is 5.91 Å². The van der Waals surface area contributed by atoms with E-state index in [0.29, 0.717) is 6.54 Å². The predicted molar refractivity (Wildman–Crippen MR) is 116 cm³/mol. The highest BCUT2D eigenvalue weighted by molar-refractivity contribution is 7.55. The summed E-state index contributed by atoms with van der Waals surface area (Å²) in [6, 6.07) is 15.8. The lowest BCUT2D eigenvalue weighted by atomic mass is 9.95. The second-order valence-corrected chi connectivity index (χ2v) is 9.95. The standard InChI is InChI=1S/C23H28NO5P/c1-5-27-30(26,28-6-2)22-23(29-22)19-14-18(16(3)4)12-13-20(19)24(21(23)25)15-17-10-8-7-9-11-17/h7-14,16,22H,5-6,15H2,1-4H3/t22-,23-/m1/s1. The summed E-state index contributed by atoms with van der Waals surface area (Å²) >= 11 is 0. The van der Waals surface area contributed by atoms with E-state index in [0.717, 1.165) is 22.4 Å². The third-order valence-electron chi connectivity index (χ3n) is 5.62. The molecular formula is C23H28NO5P. The molecular weight excluding hydrogens is 401 g/mol. The van der Waals surface area contributed by atoms with Crippen LogP contribution in [0.1, 0.15) is 50.3 Å². The van der Waals surface area contributed by atoms with Crippen molar-refractivity contribution in [2.75, 3.05) is 18.1 Å². The smallest absolute Gasteiger partial charge is 0.337 e. The highest BCUT2D eigenvalue weighted by Crippen LogP contribution is 2.72. The Morgan fingerprint density at radius 3 is 2.37 bits per heavy atom. The van der Waals surface area contributed by atoms with Gasteiger partial charge in [0.15, 0.2) is 0 Å². The SMILES string of the molecule is CCOP(=O)(OCC)[C@H]1O[C@]12C(=O)N(Cc1ccccc1)c1ccc(C(C)C)cc12. The minimum absolute atomic E-state index is 0.216. The largest absolute Gasteiger partial charge is 0.363 e. The molecule has 2 aromatic rings. The lowest BCUT2D eigenvalue weighted by molar-refractivity contribution is -0.123. The van der Waals surface area contributed by atoms with Crippen LogP contribution in [0.2, 0.25) is 0 Å². The molecule has 0 N–H and O–H groups in total. The van der Waals surface area contributed by atoms with Crippen molar-refractivity contribution in [3.05, 3.63) is 65.2 Å². The van der Waals surface area contributed by atoms with Gasteiger partial charge in [0.05, 0.1) is 25.4 Å². The van der Waals surface area contributed by atoms with Crippen molar-refractivity contribution in [3.63, 3.8) is 0 Å². The molecule has 0 radical (unpaired) electrons. The van der Waals surface area contributed by atoms with Gasteiger partial charge in [-0.25, -0.2) is 0 Å². The minimum Gasteiger partial charge on any atom is -0.337 e. The highest BCUT2D eigenvalue weighted by Gasteiger charge is 2.76. The molecule has 2 atom stereocenters. The molecule has 0 aromatic heterocycles. The Labute approximate surface area is 177 Å². The van der Waals surface area contributed by atoms with Crippen LogP contribution in [-0.2, 0) is 35.3 Å². The number of carbonyl (C=O) groups is 1. The van der Waals surface area contributed by atoms with Gasteiger partial charge in [-0.05, 0) is 43.0 Å². The van der Waals surface area contributed by atoms with E-state index >= 15 is 0 Å². The molecule has 1 amide bonds. The molecule has 2 aliphatic rings. The summed E-state index contributed by atoms with van der Waals surface area (Å²) in [6.07, 6.45) is 0. The molecule has 7 heteroatoms. The second-order valence-electron chi connectivity index (χ2n) is 7.89. The first kappa shape index (κ1) is 21.3. The van der Waals surface area contributed by atoms with E-state index in [-0.39, 0.29) is 25.0 Å². The summed E-state index contributed by atoms with van der Waals surface area (Å²) < 4.78 is 30.4. The quantitative estimate of drug-likeness (QED) is 0.428. The van der Waals surface area contributed by atoms with Crippen LogP contribution in [0, 0.1) is 0 Å². The van der Waals surface area contributed by atoms with Gasteiger partial charge in [-0.15, -0.1) is 0 Å². The number of anilines is 1. The molecule has 0 saturated carbocycles. The van der Waals surface area contributed by atoms with Gasteiger partial charge in [0, 0.05) is 5.56 Å². The average Bonchev–Trinajstić information content (AvgIpc) is 3.45. The third-order valence-corrected chi connectivity index (χ3v) is 7.90. The Morgan fingerprint density at radius 2 is 1.77 bits per heavy atom. The number of carbonyl (C=O) groups excluding carboxylic acids is 1. The molecule has 0 aliphatic carbocycles. The molecule has 1 spiro atoms. The summed E-state index contributed by atoms with van der Waals surface area (Å²) in [4.78, 5) is 15.4. The Kier molecular flexibility index (Phi) is 5.62. The van der Waals surface area contributed by atoms with E-state index < -0.39 is 19.0 Å². The summed E-state index contributed by atoms with van der Waals surface area (Å²) in [6.45, 7) is 8.56. The fourth-order valence-electron chi connectivity index (χ4n) is 4.11. The molecule has 160 valence electrons. The maximum absolute atomic E-state index is 13.7. The summed E-state index contributed by atoms with van der Waals surface area (Å²) in [5.41, 5.74) is 2.33. The van der Waals surface area contributed by atoms with Gasteiger partial charge in [-0.1, -0.05) is 50.2 Å². The molecule has 2 aliphatic heterocycles. The lowest BCUT2D eigenvalue weighted by Crippen LogP contribution is -2.33. The van der Waals surface area contributed by atoms with E-state index in [1.165, 1.54) is 0 Å². The van der Waals surface area contributed by atoms with Crippen LogP contribution in [0.4, 0.5) is 5.69 Å². The van der Waals surface area contributed by atoms with Crippen molar-refractivity contribution in [3.8, 4) is 0 Å². The molecule has 30 heavy (non-hydrogen) atoms. The van der Waals surface area contributed by atoms with Gasteiger partial charge in [0.1, 0.15) is 0 Å². The van der Waals surface area contributed by atoms with Crippen molar-refractivity contribution < 1.29 is 23.1 Å². The first-order chi connectivity index (χ1) is 14.4. The molecule has 0 bridgehead atoms. The second kappa shape index (κ2) is 7.93. The van der Waals surface area contributed by atoms with Crippen molar-refractivity contribution in [2.24, 2.45) is 0 Å².